The fraction of sp³-hybridized carbons (Fsp3) is 0.462. The smallest absolute Gasteiger partial charge is 0.129 e. The molecular weight excluding hydrogens is 218 g/mol. The van der Waals surface area contributed by atoms with E-state index in [1.165, 1.54) is 5.56 Å². The monoisotopic (exact) mass is 237 g/mol. The molecule has 0 fully saturated rings. The lowest BCUT2D eigenvalue weighted by Gasteiger charge is -2.21. The first-order valence-electron chi connectivity index (χ1n) is 5.30. The number of nitrogens with one attached hydrogen (secondary N) is 1. The van der Waals surface area contributed by atoms with Gasteiger partial charge in [0, 0.05) is 7.05 Å². The van der Waals surface area contributed by atoms with Crippen LogP contribution in [-0.2, 0) is 5.41 Å². The zero-order valence-corrected chi connectivity index (χ0v) is 11.4. The largest absolute Gasteiger partial charge is 0.496 e. The Morgan fingerprint density at radius 3 is 2.38 bits per heavy atom. The van der Waals surface area contributed by atoms with E-state index < -0.39 is 0 Å². The van der Waals surface area contributed by atoms with Crippen molar-refractivity contribution in [1.82, 2.24) is 5.32 Å². The molecule has 1 rings (SSSR count). The Hall–Kier alpha value is -1.09. The zero-order valence-electron chi connectivity index (χ0n) is 10.5. The minimum absolute atomic E-state index is 0.115. The predicted octanol–water partition coefficient (Wildman–Crippen LogP) is 2.89. The molecule has 0 radical (unpaired) electrons. The second-order valence-electron chi connectivity index (χ2n) is 4.74. The molecule has 0 aromatic heterocycles. The second-order valence-corrected chi connectivity index (χ2v) is 5.15. The van der Waals surface area contributed by atoms with Crippen LogP contribution in [0.25, 0.3) is 0 Å². The van der Waals surface area contributed by atoms with Crippen molar-refractivity contribution in [2.75, 3.05) is 14.2 Å². The van der Waals surface area contributed by atoms with E-state index in [0.29, 0.717) is 4.99 Å². The van der Waals surface area contributed by atoms with Crippen molar-refractivity contribution < 1.29 is 4.74 Å². The van der Waals surface area contributed by atoms with Gasteiger partial charge >= 0.3 is 0 Å². The Morgan fingerprint density at radius 2 is 1.94 bits per heavy atom. The van der Waals surface area contributed by atoms with E-state index >= 15 is 0 Å². The highest BCUT2D eigenvalue weighted by molar-refractivity contribution is 7.80. The molecule has 0 spiro atoms. The van der Waals surface area contributed by atoms with Gasteiger partial charge in [-0.3, -0.25) is 0 Å². The van der Waals surface area contributed by atoms with Crippen molar-refractivity contribution in [3.8, 4) is 5.75 Å². The van der Waals surface area contributed by atoms with Crippen LogP contribution in [0.15, 0.2) is 18.2 Å². The van der Waals surface area contributed by atoms with Gasteiger partial charge in [0.25, 0.3) is 0 Å². The highest BCUT2D eigenvalue weighted by atomic mass is 32.1. The molecule has 0 aliphatic carbocycles. The molecule has 0 saturated heterocycles. The summed E-state index contributed by atoms with van der Waals surface area (Å²) in [6, 6.07) is 6.15. The molecule has 1 aromatic rings. The van der Waals surface area contributed by atoms with Crippen molar-refractivity contribution >= 4 is 17.2 Å². The molecule has 0 atom stereocenters. The van der Waals surface area contributed by atoms with Gasteiger partial charge < -0.3 is 10.1 Å². The van der Waals surface area contributed by atoms with Gasteiger partial charge in [0.1, 0.15) is 10.7 Å². The lowest BCUT2D eigenvalue weighted by atomic mass is 9.86. The fourth-order valence-electron chi connectivity index (χ4n) is 1.49. The number of hydrogen-bond acceptors (Lipinski definition) is 2. The summed E-state index contributed by atoms with van der Waals surface area (Å²) in [5.41, 5.74) is 2.32. The van der Waals surface area contributed by atoms with E-state index in [1.54, 1.807) is 7.11 Å². The van der Waals surface area contributed by atoms with Crippen LogP contribution >= 0.6 is 12.2 Å². The maximum atomic E-state index is 5.31. The van der Waals surface area contributed by atoms with Gasteiger partial charge in [-0.2, -0.15) is 0 Å². The number of hydrogen-bond donors (Lipinski definition) is 1. The Labute approximate surface area is 103 Å². The van der Waals surface area contributed by atoms with Crippen molar-refractivity contribution in [3.05, 3.63) is 29.3 Å². The molecule has 0 bridgehead atoms. The van der Waals surface area contributed by atoms with Crippen molar-refractivity contribution in [1.29, 1.82) is 0 Å². The van der Waals surface area contributed by atoms with Gasteiger partial charge in [-0.25, -0.2) is 0 Å². The van der Waals surface area contributed by atoms with Crippen LogP contribution in [0.1, 0.15) is 31.9 Å². The second kappa shape index (κ2) is 4.83. The van der Waals surface area contributed by atoms with E-state index in [-0.39, 0.29) is 5.41 Å². The molecule has 0 aliphatic heterocycles. The summed E-state index contributed by atoms with van der Waals surface area (Å²) >= 11 is 5.27. The fourth-order valence-corrected chi connectivity index (χ4v) is 1.65. The minimum Gasteiger partial charge on any atom is -0.496 e. The first-order chi connectivity index (χ1) is 7.40. The predicted molar refractivity (Wildman–Crippen MR) is 72.5 cm³/mol. The summed E-state index contributed by atoms with van der Waals surface area (Å²) in [6.45, 7) is 6.54. The third kappa shape index (κ3) is 2.73. The molecule has 0 unspecified atom stereocenters. The number of ether oxygens (including phenoxy) is 1. The minimum atomic E-state index is 0.115. The summed E-state index contributed by atoms with van der Waals surface area (Å²) < 4.78 is 5.31. The van der Waals surface area contributed by atoms with Gasteiger partial charge in [0.2, 0.25) is 0 Å². The van der Waals surface area contributed by atoms with Gasteiger partial charge in [-0.1, -0.05) is 39.1 Å². The molecule has 1 N–H and O–H groups in total. The standard InChI is InChI=1S/C13H19NOS/c1-13(2,3)9-6-7-11(15-5)10(8-9)12(16)14-4/h6-8H,1-5H3,(H,14,16). The SMILES string of the molecule is CNC(=S)c1cc(C(C)(C)C)ccc1OC. The average molecular weight is 237 g/mol. The molecule has 0 amide bonds. The third-order valence-electron chi connectivity index (χ3n) is 2.54. The molecular formula is C13H19NOS. The Morgan fingerprint density at radius 1 is 1.31 bits per heavy atom. The molecule has 0 heterocycles. The molecule has 1 aromatic carbocycles. The van der Waals surface area contributed by atoms with Crippen LogP contribution in [0.3, 0.4) is 0 Å². The highest BCUT2D eigenvalue weighted by Crippen LogP contribution is 2.28. The van der Waals surface area contributed by atoms with E-state index in [2.05, 4.69) is 38.2 Å². The number of benzene rings is 1. The van der Waals surface area contributed by atoms with Crippen LogP contribution < -0.4 is 10.1 Å². The molecule has 88 valence electrons. The molecule has 3 heteroatoms. The summed E-state index contributed by atoms with van der Waals surface area (Å²) in [5, 5.41) is 2.99. The zero-order chi connectivity index (χ0) is 12.3. The average Bonchev–Trinajstić information content (AvgIpc) is 2.25. The van der Waals surface area contributed by atoms with Crippen molar-refractivity contribution in [2.24, 2.45) is 0 Å². The summed E-state index contributed by atoms with van der Waals surface area (Å²) in [5.74, 6) is 0.812. The van der Waals surface area contributed by atoms with E-state index in [1.807, 2.05) is 13.1 Å². The van der Waals surface area contributed by atoms with Crippen LogP contribution in [0.4, 0.5) is 0 Å². The van der Waals surface area contributed by atoms with Crippen molar-refractivity contribution in [3.63, 3.8) is 0 Å². The van der Waals surface area contributed by atoms with Gasteiger partial charge in [0.15, 0.2) is 0 Å². The summed E-state index contributed by atoms with van der Waals surface area (Å²) in [4.78, 5) is 0.711. The van der Waals surface area contributed by atoms with E-state index in [9.17, 15) is 0 Å². The molecule has 0 saturated carbocycles. The topological polar surface area (TPSA) is 21.3 Å². The Balaban J connectivity index is 3.27. The maximum Gasteiger partial charge on any atom is 0.129 e. The maximum absolute atomic E-state index is 5.31. The van der Waals surface area contributed by atoms with E-state index in [4.69, 9.17) is 17.0 Å². The first-order valence-corrected chi connectivity index (χ1v) is 5.71. The number of thiocarbonyl (C=S) groups is 1. The van der Waals surface area contributed by atoms with E-state index in [0.717, 1.165) is 11.3 Å². The lowest BCUT2D eigenvalue weighted by molar-refractivity contribution is 0.413. The summed E-state index contributed by atoms with van der Waals surface area (Å²) in [6.07, 6.45) is 0. The van der Waals surface area contributed by atoms with Crippen LogP contribution in [0.2, 0.25) is 0 Å². The normalized spacial score (nSPS) is 11.1. The lowest BCUT2D eigenvalue weighted by Crippen LogP contribution is -2.19. The van der Waals surface area contributed by atoms with Crippen LogP contribution in [0.5, 0.6) is 5.75 Å². The Bertz CT molecular complexity index is 393. The highest BCUT2D eigenvalue weighted by Gasteiger charge is 2.17. The quantitative estimate of drug-likeness (QED) is 0.799. The van der Waals surface area contributed by atoms with Crippen LogP contribution in [-0.4, -0.2) is 19.1 Å². The van der Waals surface area contributed by atoms with Gasteiger partial charge in [-0.15, -0.1) is 0 Å². The first kappa shape index (κ1) is 13.0. The third-order valence-corrected chi connectivity index (χ3v) is 2.96. The Kier molecular flexibility index (Phi) is 3.92. The molecule has 16 heavy (non-hydrogen) atoms. The van der Waals surface area contributed by atoms with Crippen molar-refractivity contribution in [2.45, 2.75) is 26.2 Å². The van der Waals surface area contributed by atoms with Crippen LogP contribution in [0, 0.1) is 0 Å². The molecule has 0 aliphatic rings. The van der Waals surface area contributed by atoms with Gasteiger partial charge in [-0.05, 0) is 23.1 Å². The van der Waals surface area contributed by atoms with Gasteiger partial charge in [0.05, 0.1) is 12.7 Å². The number of methoxy groups -OCH3 is 1. The summed E-state index contributed by atoms with van der Waals surface area (Å²) in [7, 11) is 3.49. The molecule has 2 nitrogen and oxygen atoms in total. The number of rotatable bonds is 2.